The number of carbonyl (C=O) groups excluding carboxylic acids is 5. The Morgan fingerprint density at radius 3 is 1.88 bits per heavy atom. The lowest BCUT2D eigenvalue weighted by molar-refractivity contribution is -0.142. The summed E-state index contributed by atoms with van der Waals surface area (Å²) < 4.78 is 0. The number of rotatable bonds is 19. The first-order chi connectivity index (χ1) is 19.7. The number of nitrogens with two attached hydrogens (primary N) is 3. The standard InChI is InChI=1S/C26H39N7O9/c1-14(30-23(38)16(28)12-21(35)36)22(37)32-18(13-20(29)34)25(40)31-17(9-5-6-10-27)24(39)33-19(26(41)42)11-15-7-3-2-4-8-15/h2-4,7-8,14,16-19H,5-6,9-13,27-28H2,1H3,(H2,29,34)(H,30,38)(H,31,40)(H,32,37)(H,33,39)(H,35,36)(H,41,42)/t14-,16-,17-,18-,19-/m0/s1. The van der Waals surface area contributed by atoms with Crippen LogP contribution in [0.3, 0.4) is 0 Å². The third-order valence-electron chi connectivity index (χ3n) is 6.00. The van der Waals surface area contributed by atoms with Crippen molar-refractivity contribution < 1.29 is 43.8 Å². The molecule has 0 saturated carbocycles. The van der Waals surface area contributed by atoms with Crippen molar-refractivity contribution in [2.45, 2.75) is 75.7 Å². The maximum absolute atomic E-state index is 13.1. The Morgan fingerprint density at radius 1 is 0.762 bits per heavy atom. The van der Waals surface area contributed by atoms with Crippen LogP contribution >= 0.6 is 0 Å². The lowest BCUT2D eigenvalue weighted by atomic mass is 10.0. The van der Waals surface area contributed by atoms with E-state index in [1.165, 1.54) is 6.92 Å². The molecule has 5 amide bonds. The quantitative estimate of drug-likeness (QED) is 0.0732. The summed E-state index contributed by atoms with van der Waals surface area (Å²) in [4.78, 5) is 85.2. The van der Waals surface area contributed by atoms with Gasteiger partial charge in [0.2, 0.25) is 29.5 Å². The van der Waals surface area contributed by atoms with Gasteiger partial charge in [0, 0.05) is 6.42 Å². The van der Waals surface area contributed by atoms with Crippen molar-refractivity contribution in [3.8, 4) is 0 Å². The van der Waals surface area contributed by atoms with Gasteiger partial charge in [0.05, 0.1) is 18.9 Å². The van der Waals surface area contributed by atoms with Gasteiger partial charge in [0.1, 0.15) is 24.2 Å². The highest BCUT2D eigenvalue weighted by atomic mass is 16.4. The first kappa shape index (κ1) is 35.5. The fraction of sp³-hybridized carbons (Fsp3) is 0.500. The fourth-order valence-electron chi connectivity index (χ4n) is 3.73. The second-order valence-corrected chi connectivity index (χ2v) is 9.60. The molecule has 0 aliphatic heterocycles. The number of hydrogen-bond donors (Lipinski definition) is 9. The number of nitrogens with one attached hydrogen (secondary N) is 4. The summed E-state index contributed by atoms with van der Waals surface area (Å²) in [5.74, 6) is -7.22. The summed E-state index contributed by atoms with van der Waals surface area (Å²) in [5.41, 5.74) is 16.9. The Kier molecular flexibility index (Phi) is 15.2. The number of carboxylic acid groups (broad SMARTS) is 2. The monoisotopic (exact) mass is 593 g/mol. The number of primary amides is 1. The maximum atomic E-state index is 13.1. The third kappa shape index (κ3) is 13.2. The molecule has 5 atom stereocenters. The van der Waals surface area contributed by atoms with Crippen LogP contribution in [-0.2, 0) is 40.0 Å². The first-order valence-electron chi connectivity index (χ1n) is 13.2. The summed E-state index contributed by atoms with van der Waals surface area (Å²) in [6.45, 7) is 1.54. The minimum atomic E-state index is -1.56. The van der Waals surface area contributed by atoms with Crippen LogP contribution in [0.2, 0.25) is 0 Å². The third-order valence-corrected chi connectivity index (χ3v) is 6.00. The minimum absolute atomic E-state index is 0.0224. The highest BCUT2D eigenvalue weighted by molar-refractivity contribution is 5.97. The molecule has 1 rings (SSSR count). The Hall–Kier alpha value is -4.57. The van der Waals surface area contributed by atoms with Crippen LogP contribution in [0.4, 0.5) is 0 Å². The molecule has 16 nitrogen and oxygen atoms in total. The van der Waals surface area contributed by atoms with Crippen molar-refractivity contribution in [3.05, 3.63) is 35.9 Å². The molecular weight excluding hydrogens is 554 g/mol. The second kappa shape index (κ2) is 18.0. The zero-order valence-electron chi connectivity index (χ0n) is 23.2. The Labute approximate surface area is 242 Å². The molecule has 0 spiro atoms. The van der Waals surface area contributed by atoms with E-state index in [0.717, 1.165) is 0 Å². The van der Waals surface area contributed by atoms with Gasteiger partial charge >= 0.3 is 11.9 Å². The molecule has 0 radical (unpaired) electrons. The lowest BCUT2D eigenvalue weighted by Gasteiger charge is -2.25. The molecule has 0 fully saturated rings. The Morgan fingerprint density at radius 2 is 1.33 bits per heavy atom. The van der Waals surface area contributed by atoms with Gasteiger partial charge in [-0.3, -0.25) is 28.8 Å². The fourth-order valence-corrected chi connectivity index (χ4v) is 3.73. The predicted octanol–water partition coefficient (Wildman–Crippen LogP) is -2.92. The summed E-state index contributed by atoms with van der Waals surface area (Å²) in [5, 5.41) is 27.8. The van der Waals surface area contributed by atoms with Crippen LogP contribution < -0.4 is 38.5 Å². The topological polar surface area (TPSA) is 286 Å². The second-order valence-electron chi connectivity index (χ2n) is 9.60. The number of benzene rings is 1. The number of aliphatic carboxylic acids is 2. The van der Waals surface area contributed by atoms with Gasteiger partial charge in [-0.2, -0.15) is 0 Å². The molecule has 1 aromatic carbocycles. The number of carbonyl (C=O) groups is 7. The van der Waals surface area contributed by atoms with Crippen molar-refractivity contribution in [2.24, 2.45) is 17.2 Å². The van der Waals surface area contributed by atoms with E-state index in [9.17, 15) is 38.7 Å². The summed E-state index contributed by atoms with van der Waals surface area (Å²) in [6.07, 6.45) is -0.427. The van der Waals surface area contributed by atoms with Gasteiger partial charge in [0.15, 0.2) is 0 Å². The van der Waals surface area contributed by atoms with E-state index in [0.29, 0.717) is 24.9 Å². The van der Waals surface area contributed by atoms with Crippen LogP contribution in [0.25, 0.3) is 0 Å². The molecule has 0 bridgehead atoms. The number of unbranched alkanes of at least 4 members (excludes halogenated alkanes) is 1. The zero-order valence-corrected chi connectivity index (χ0v) is 23.2. The van der Waals surface area contributed by atoms with Gasteiger partial charge in [0.25, 0.3) is 0 Å². The number of hydrogen-bond acceptors (Lipinski definition) is 9. The maximum Gasteiger partial charge on any atom is 0.326 e. The van der Waals surface area contributed by atoms with Gasteiger partial charge in [-0.05, 0) is 38.3 Å². The van der Waals surface area contributed by atoms with E-state index < -0.39 is 84.5 Å². The van der Waals surface area contributed by atoms with Crippen molar-refractivity contribution in [1.82, 2.24) is 21.3 Å². The van der Waals surface area contributed by atoms with Gasteiger partial charge in [-0.15, -0.1) is 0 Å². The van der Waals surface area contributed by atoms with Crippen LogP contribution in [0.15, 0.2) is 30.3 Å². The van der Waals surface area contributed by atoms with E-state index in [4.69, 9.17) is 22.3 Å². The SMILES string of the molecule is C[C@H](NC(=O)[C@@H](N)CC(=O)O)C(=O)N[C@@H](CC(N)=O)C(=O)N[C@@H](CCCCN)C(=O)N[C@@H](Cc1ccccc1)C(=O)O. The predicted molar refractivity (Wildman–Crippen MR) is 148 cm³/mol. The number of carboxylic acids is 2. The van der Waals surface area contributed by atoms with Crippen LogP contribution in [-0.4, -0.2) is 88.4 Å². The molecule has 232 valence electrons. The van der Waals surface area contributed by atoms with Crippen molar-refractivity contribution >= 4 is 41.5 Å². The van der Waals surface area contributed by atoms with Crippen molar-refractivity contribution in [1.29, 1.82) is 0 Å². The van der Waals surface area contributed by atoms with Gasteiger partial charge in [-0.1, -0.05) is 30.3 Å². The Balaban J connectivity index is 3.01. The smallest absolute Gasteiger partial charge is 0.326 e. The van der Waals surface area contributed by atoms with E-state index in [-0.39, 0.29) is 12.8 Å². The lowest BCUT2D eigenvalue weighted by Crippen LogP contribution is -2.58. The molecule has 42 heavy (non-hydrogen) atoms. The number of amides is 5. The van der Waals surface area contributed by atoms with Gasteiger partial charge < -0.3 is 48.7 Å². The average Bonchev–Trinajstić information content (AvgIpc) is 2.91. The molecule has 0 aliphatic carbocycles. The van der Waals surface area contributed by atoms with E-state index in [1.807, 2.05) is 0 Å². The average molecular weight is 594 g/mol. The Bertz CT molecular complexity index is 1120. The highest BCUT2D eigenvalue weighted by Gasteiger charge is 2.31. The van der Waals surface area contributed by atoms with E-state index in [2.05, 4.69) is 21.3 Å². The van der Waals surface area contributed by atoms with E-state index >= 15 is 0 Å². The molecule has 0 aliphatic rings. The van der Waals surface area contributed by atoms with Crippen molar-refractivity contribution in [2.75, 3.05) is 6.54 Å². The summed E-state index contributed by atoms with van der Waals surface area (Å²) in [7, 11) is 0. The van der Waals surface area contributed by atoms with Crippen molar-refractivity contribution in [3.63, 3.8) is 0 Å². The van der Waals surface area contributed by atoms with E-state index in [1.54, 1.807) is 30.3 Å². The highest BCUT2D eigenvalue weighted by Crippen LogP contribution is 2.07. The molecule has 1 aromatic rings. The molecular formula is C26H39N7O9. The van der Waals surface area contributed by atoms with Crippen LogP contribution in [0.1, 0.15) is 44.6 Å². The molecule has 0 unspecified atom stereocenters. The molecule has 0 saturated heterocycles. The summed E-state index contributed by atoms with van der Waals surface area (Å²) in [6, 6.07) is 1.73. The van der Waals surface area contributed by atoms with Crippen LogP contribution in [0.5, 0.6) is 0 Å². The molecule has 12 N–H and O–H groups in total. The van der Waals surface area contributed by atoms with Gasteiger partial charge in [-0.25, -0.2) is 4.79 Å². The largest absolute Gasteiger partial charge is 0.481 e. The molecule has 0 aromatic heterocycles. The first-order valence-corrected chi connectivity index (χ1v) is 13.2. The zero-order chi connectivity index (χ0) is 31.8. The molecule has 0 heterocycles. The normalized spacial score (nSPS) is 14.3. The minimum Gasteiger partial charge on any atom is -0.481 e. The summed E-state index contributed by atoms with van der Waals surface area (Å²) >= 11 is 0. The van der Waals surface area contributed by atoms with Crippen LogP contribution in [0, 0.1) is 0 Å². The molecule has 16 heteroatoms.